The number of aromatic nitrogens is 2. The monoisotopic (exact) mass is 303 g/mol. The summed E-state index contributed by atoms with van der Waals surface area (Å²) in [6.07, 6.45) is 3.99. The second-order valence-corrected chi connectivity index (χ2v) is 5.77. The Morgan fingerprint density at radius 1 is 1.17 bits per heavy atom. The largest absolute Gasteiger partial charge is 0.264 e. The van der Waals surface area contributed by atoms with Gasteiger partial charge in [-0.1, -0.05) is 23.2 Å². The van der Waals surface area contributed by atoms with Crippen LogP contribution in [0.1, 0.15) is 0 Å². The van der Waals surface area contributed by atoms with E-state index in [0.717, 1.165) is 0 Å². The molecule has 0 spiro atoms. The Kier molecular flexibility index (Phi) is 3.70. The molecule has 0 aliphatic carbocycles. The number of sulfonamides is 1. The van der Waals surface area contributed by atoms with Crippen LogP contribution in [0, 0.1) is 0 Å². The van der Waals surface area contributed by atoms with Crippen LogP contribution in [0.15, 0.2) is 41.7 Å². The first kappa shape index (κ1) is 13.1. The van der Waals surface area contributed by atoms with Crippen molar-refractivity contribution in [2.45, 2.75) is 4.90 Å². The second-order valence-electron chi connectivity index (χ2n) is 3.28. The van der Waals surface area contributed by atoms with E-state index in [1.807, 2.05) is 0 Å². The fraction of sp³-hybridized carbons (Fsp3) is 0. The summed E-state index contributed by atoms with van der Waals surface area (Å²) in [6, 6.07) is 4.28. The number of rotatable bonds is 3. The fourth-order valence-corrected chi connectivity index (χ4v) is 2.39. The molecule has 0 atom stereocenters. The first-order valence-corrected chi connectivity index (χ1v) is 6.97. The van der Waals surface area contributed by atoms with Gasteiger partial charge in [-0.3, -0.25) is 9.71 Å². The van der Waals surface area contributed by atoms with Crippen molar-refractivity contribution in [1.29, 1.82) is 0 Å². The Balaban J connectivity index is 2.31. The second kappa shape index (κ2) is 5.09. The van der Waals surface area contributed by atoms with Crippen LogP contribution in [-0.2, 0) is 10.0 Å². The third-order valence-corrected chi connectivity index (χ3v) is 4.04. The van der Waals surface area contributed by atoms with Crippen molar-refractivity contribution >= 4 is 39.0 Å². The van der Waals surface area contributed by atoms with Gasteiger partial charge in [-0.25, -0.2) is 13.4 Å². The highest BCUT2D eigenvalue weighted by Crippen LogP contribution is 2.24. The molecule has 0 saturated carbocycles. The Labute approximate surface area is 114 Å². The molecule has 0 aliphatic heterocycles. The molecule has 1 N–H and O–H groups in total. The maximum absolute atomic E-state index is 11.9. The summed E-state index contributed by atoms with van der Waals surface area (Å²) in [4.78, 5) is 7.60. The summed E-state index contributed by atoms with van der Waals surface area (Å²) in [5.74, 6) is 0.0910. The zero-order valence-corrected chi connectivity index (χ0v) is 11.2. The topological polar surface area (TPSA) is 72.0 Å². The third-order valence-electron chi connectivity index (χ3n) is 1.99. The number of hydrogen-bond donors (Lipinski definition) is 1. The number of anilines is 1. The molecule has 2 heterocycles. The van der Waals surface area contributed by atoms with E-state index in [1.165, 1.54) is 36.8 Å². The summed E-state index contributed by atoms with van der Waals surface area (Å²) in [5, 5.41) is 0.469. The number of pyridine rings is 2. The number of nitrogens with one attached hydrogen (secondary N) is 1. The van der Waals surface area contributed by atoms with Gasteiger partial charge in [0.1, 0.15) is 10.7 Å². The molecule has 8 heteroatoms. The van der Waals surface area contributed by atoms with Crippen molar-refractivity contribution in [1.82, 2.24) is 9.97 Å². The molecule has 2 aromatic heterocycles. The van der Waals surface area contributed by atoms with E-state index in [0.29, 0.717) is 0 Å². The van der Waals surface area contributed by atoms with Crippen molar-refractivity contribution in [3.63, 3.8) is 0 Å². The van der Waals surface area contributed by atoms with Crippen molar-refractivity contribution in [2.75, 3.05) is 4.72 Å². The third kappa shape index (κ3) is 2.90. The molecule has 0 aromatic carbocycles. The van der Waals surface area contributed by atoms with Crippen molar-refractivity contribution in [3.8, 4) is 0 Å². The number of hydrogen-bond acceptors (Lipinski definition) is 4. The molecular formula is C10H7Cl2N3O2S. The average molecular weight is 304 g/mol. The highest BCUT2D eigenvalue weighted by molar-refractivity contribution is 7.92. The van der Waals surface area contributed by atoms with E-state index in [2.05, 4.69) is 14.7 Å². The van der Waals surface area contributed by atoms with Gasteiger partial charge in [-0.05, 0) is 12.1 Å². The van der Waals surface area contributed by atoms with Crippen molar-refractivity contribution in [2.24, 2.45) is 0 Å². The first-order chi connectivity index (χ1) is 8.49. The molecule has 18 heavy (non-hydrogen) atoms. The lowest BCUT2D eigenvalue weighted by atomic mass is 10.5. The van der Waals surface area contributed by atoms with Crippen LogP contribution in [-0.4, -0.2) is 18.4 Å². The highest BCUT2D eigenvalue weighted by Gasteiger charge is 2.15. The normalized spacial score (nSPS) is 11.2. The minimum atomic E-state index is -3.72. The van der Waals surface area contributed by atoms with Crippen LogP contribution < -0.4 is 4.72 Å². The van der Waals surface area contributed by atoms with Gasteiger partial charge in [0, 0.05) is 24.7 Å². The molecule has 0 fully saturated rings. The zero-order valence-electron chi connectivity index (χ0n) is 8.84. The highest BCUT2D eigenvalue weighted by atomic mass is 35.5. The Morgan fingerprint density at radius 2 is 1.94 bits per heavy atom. The average Bonchev–Trinajstić information content (AvgIpc) is 2.35. The zero-order chi connectivity index (χ0) is 13.2. The summed E-state index contributed by atoms with van der Waals surface area (Å²) in [6.45, 7) is 0. The summed E-state index contributed by atoms with van der Waals surface area (Å²) in [7, 11) is -3.72. The minimum absolute atomic E-state index is 0.0397. The van der Waals surface area contributed by atoms with Gasteiger partial charge >= 0.3 is 0 Å². The van der Waals surface area contributed by atoms with Gasteiger partial charge in [-0.15, -0.1) is 0 Å². The first-order valence-electron chi connectivity index (χ1n) is 4.73. The molecule has 2 rings (SSSR count). The standard InChI is InChI=1S/C10H7Cl2N3O2S/c11-8-4-10(14-6-9(8)12)15-18(16,17)7-2-1-3-13-5-7/h1-6H,(H,14,15). The van der Waals surface area contributed by atoms with Crippen LogP contribution >= 0.6 is 23.2 Å². The minimum Gasteiger partial charge on any atom is -0.263 e. The van der Waals surface area contributed by atoms with E-state index in [-0.39, 0.29) is 20.8 Å². The molecule has 0 saturated heterocycles. The predicted molar refractivity (Wildman–Crippen MR) is 69.3 cm³/mol. The van der Waals surface area contributed by atoms with Gasteiger partial charge in [0.15, 0.2) is 0 Å². The van der Waals surface area contributed by atoms with Gasteiger partial charge in [0.25, 0.3) is 10.0 Å². The molecule has 5 nitrogen and oxygen atoms in total. The summed E-state index contributed by atoms with van der Waals surface area (Å²) in [5.41, 5.74) is 0. The van der Waals surface area contributed by atoms with E-state index in [4.69, 9.17) is 23.2 Å². The van der Waals surface area contributed by atoms with Crippen LogP contribution in [0.25, 0.3) is 0 Å². The van der Waals surface area contributed by atoms with E-state index < -0.39 is 10.0 Å². The van der Waals surface area contributed by atoms with Crippen LogP contribution in [0.4, 0.5) is 5.82 Å². The van der Waals surface area contributed by atoms with Gasteiger partial charge in [0.2, 0.25) is 0 Å². The molecule has 0 amide bonds. The van der Waals surface area contributed by atoms with Crippen LogP contribution in [0.5, 0.6) is 0 Å². The number of nitrogens with zero attached hydrogens (tertiary/aromatic N) is 2. The van der Waals surface area contributed by atoms with Crippen LogP contribution in [0.3, 0.4) is 0 Å². The molecular weight excluding hydrogens is 297 g/mol. The quantitative estimate of drug-likeness (QED) is 0.946. The maximum Gasteiger partial charge on any atom is 0.264 e. The SMILES string of the molecule is O=S(=O)(Nc1cc(Cl)c(Cl)cn1)c1cccnc1. The Morgan fingerprint density at radius 3 is 2.56 bits per heavy atom. The summed E-state index contributed by atoms with van der Waals surface area (Å²) < 4.78 is 26.1. The molecule has 0 aliphatic rings. The number of halogens is 2. The van der Waals surface area contributed by atoms with E-state index >= 15 is 0 Å². The Bertz CT molecular complexity index is 662. The van der Waals surface area contributed by atoms with E-state index in [9.17, 15) is 8.42 Å². The van der Waals surface area contributed by atoms with Crippen LogP contribution in [0.2, 0.25) is 10.0 Å². The molecule has 0 radical (unpaired) electrons. The maximum atomic E-state index is 11.9. The molecule has 0 unspecified atom stereocenters. The van der Waals surface area contributed by atoms with Crippen molar-refractivity contribution < 1.29 is 8.42 Å². The molecule has 94 valence electrons. The molecule has 0 bridgehead atoms. The lowest BCUT2D eigenvalue weighted by molar-refractivity contribution is 0.600. The summed E-state index contributed by atoms with van der Waals surface area (Å²) >= 11 is 11.5. The smallest absolute Gasteiger partial charge is 0.263 e. The lowest BCUT2D eigenvalue weighted by Gasteiger charge is -2.07. The van der Waals surface area contributed by atoms with Gasteiger partial charge in [-0.2, -0.15) is 0 Å². The van der Waals surface area contributed by atoms with Gasteiger partial charge < -0.3 is 0 Å². The predicted octanol–water partition coefficient (Wildman–Crippen LogP) is 2.58. The van der Waals surface area contributed by atoms with Crippen molar-refractivity contribution in [3.05, 3.63) is 46.8 Å². The Hall–Kier alpha value is -1.37. The van der Waals surface area contributed by atoms with Gasteiger partial charge in [0.05, 0.1) is 10.0 Å². The lowest BCUT2D eigenvalue weighted by Crippen LogP contribution is -2.14. The fourth-order valence-electron chi connectivity index (χ4n) is 1.17. The van der Waals surface area contributed by atoms with E-state index in [1.54, 1.807) is 0 Å². The molecule has 2 aromatic rings.